The van der Waals surface area contributed by atoms with Crippen molar-refractivity contribution in [1.82, 2.24) is 0 Å². The third-order valence-electron chi connectivity index (χ3n) is 1.11. The molecule has 0 radical (unpaired) electrons. The maximum Gasteiger partial charge on any atom is -0.00107 e. The maximum atomic E-state index is 3.21. The Hall–Kier alpha value is -0.0400. The molecule has 0 aromatic heterocycles. The van der Waals surface area contributed by atoms with E-state index < -0.39 is 0 Å². The lowest BCUT2D eigenvalue weighted by molar-refractivity contribution is 0.761. The van der Waals surface area contributed by atoms with Crippen LogP contribution in [0.1, 0.15) is 6.42 Å². The van der Waals surface area contributed by atoms with E-state index in [0.717, 1.165) is 5.92 Å². The molecule has 0 nitrogen and oxygen atoms in total. The van der Waals surface area contributed by atoms with Crippen molar-refractivity contribution in [1.29, 1.82) is 0 Å². The second-order valence-electron chi connectivity index (χ2n) is 1.65. The molecule has 1 atom stereocenters. The standard InChI is InChI=1S/C6H7Br/c7-5-4-6-2-1-3-6/h1-2,4-6H,3H2. The predicted molar refractivity (Wildman–Crippen MR) is 35.3 cm³/mol. The molecule has 0 fully saturated rings. The van der Waals surface area contributed by atoms with Gasteiger partial charge in [0.05, 0.1) is 0 Å². The van der Waals surface area contributed by atoms with E-state index in [1.165, 1.54) is 6.42 Å². The number of allylic oxidation sites excluding steroid dienone is 3. The van der Waals surface area contributed by atoms with Crippen LogP contribution in [0, 0.1) is 5.92 Å². The van der Waals surface area contributed by atoms with Gasteiger partial charge in [-0.25, -0.2) is 0 Å². The second kappa shape index (κ2) is 2.31. The second-order valence-corrected chi connectivity index (χ2v) is 2.17. The summed E-state index contributed by atoms with van der Waals surface area (Å²) in [6.45, 7) is 0. The summed E-state index contributed by atoms with van der Waals surface area (Å²) >= 11 is 3.21. The first kappa shape index (κ1) is 5.10. The maximum absolute atomic E-state index is 3.21. The lowest BCUT2D eigenvalue weighted by Crippen LogP contribution is -1.96. The molecule has 1 rings (SSSR count). The molecule has 0 aliphatic heterocycles. The number of halogens is 1. The molecule has 7 heavy (non-hydrogen) atoms. The Balaban J connectivity index is 2.30. The Kier molecular flexibility index (Phi) is 1.69. The molecule has 1 heteroatoms. The van der Waals surface area contributed by atoms with Crippen molar-refractivity contribution in [2.45, 2.75) is 6.42 Å². The van der Waals surface area contributed by atoms with E-state index in [0.29, 0.717) is 0 Å². The van der Waals surface area contributed by atoms with Gasteiger partial charge < -0.3 is 0 Å². The summed E-state index contributed by atoms with van der Waals surface area (Å²) in [6, 6.07) is 0. The zero-order chi connectivity index (χ0) is 5.11. The van der Waals surface area contributed by atoms with Gasteiger partial charge >= 0.3 is 0 Å². The van der Waals surface area contributed by atoms with E-state index in [-0.39, 0.29) is 0 Å². The summed E-state index contributed by atoms with van der Waals surface area (Å²) in [7, 11) is 0. The van der Waals surface area contributed by atoms with Gasteiger partial charge in [0.25, 0.3) is 0 Å². The highest BCUT2D eigenvalue weighted by atomic mass is 79.9. The fourth-order valence-electron chi connectivity index (χ4n) is 0.529. The van der Waals surface area contributed by atoms with Crippen molar-refractivity contribution >= 4 is 15.9 Å². The molecule has 0 saturated carbocycles. The van der Waals surface area contributed by atoms with E-state index in [4.69, 9.17) is 0 Å². The van der Waals surface area contributed by atoms with Crippen LogP contribution in [0.3, 0.4) is 0 Å². The third-order valence-corrected chi connectivity index (χ3v) is 1.42. The lowest BCUT2D eigenvalue weighted by atomic mass is 9.96. The molecule has 0 aromatic carbocycles. The molecule has 1 unspecified atom stereocenters. The van der Waals surface area contributed by atoms with Gasteiger partial charge in [-0.05, 0) is 17.3 Å². The normalized spacial score (nSPS) is 28.4. The number of hydrogen-bond donors (Lipinski definition) is 0. The van der Waals surface area contributed by atoms with E-state index >= 15 is 0 Å². The third kappa shape index (κ3) is 1.16. The Labute approximate surface area is 52.0 Å². The van der Waals surface area contributed by atoms with Gasteiger partial charge in [0.15, 0.2) is 0 Å². The van der Waals surface area contributed by atoms with Crippen molar-refractivity contribution in [2.75, 3.05) is 0 Å². The highest BCUT2D eigenvalue weighted by Crippen LogP contribution is 2.17. The summed E-state index contributed by atoms with van der Waals surface area (Å²) < 4.78 is 0. The van der Waals surface area contributed by atoms with Crippen LogP contribution in [-0.4, -0.2) is 0 Å². The van der Waals surface area contributed by atoms with Gasteiger partial charge in [-0.3, -0.25) is 0 Å². The Morgan fingerprint density at radius 2 is 2.43 bits per heavy atom. The van der Waals surface area contributed by atoms with Crippen molar-refractivity contribution in [3.63, 3.8) is 0 Å². The summed E-state index contributed by atoms with van der Waals surface area (Å²) in [5, 5.41) is 0. The largest absolute Gasteiger partial charge is 0.0870 e. The van der Waals surface area contributed by atoms with Gasteiger partial charge in [-0.1, -0.05) is 34.2 Å². The molecule has 38 valence electrons. The van der Waals surface area contributed by atoms with Crippen LogP contribution in [-0.2, 0) is 0 Å². The molecule has 1 aliphatic rings. The van der Waals surface area contributed by atoms with Gasteiger partial charge in [-0.2, -0.15) is 0 Å². The van der Waals surface area contributed by atoms with Crippen molar-refractivity contribution < 1.29 is 0 Å². The molecular weight excluding hydrogens is 152 g/mol. The number of rotatable bonds is 1. The molecule has 1 aliphatic carbocycles. The number of hydrogen-bond acceptors (Lipinski definition) is 0. The average Bonchev–Trinajstić information content (AvgIpc) is 1.55. The van der Waals surface area contributed by atoms with Crippen molar-refractivity contribution in [3.05, 3.63) is 23.2 Å². The van der Waals surface area contributed by atoms with E-state index in [9.17, 15) is 0 Å². The smallest absolute Gasteiger partial charge is 0.00107 e. The minimum absolute atomic E-state index is 0.722. The first-order chi connectivity index (χ1) is 3.43. The van der Waals surface area contributed by atoms with Crippen LogP contribution >= 0.6 is 15.9 Å². The average molecular weight is 159 g/mol. The minimum atomic E-state index is 0.722. The minimum Gasteiger partial charge on any atom is -0.0870 e. The molecule has 0 bridgehead atoms. The quantitative estimate of drug-likeness (QED) is 0.515. The van der Waals surface area contributed by atoms with Crippen LogP contribution in [0.4, 0.5) is 0 Å². The Morgan fingerprint density at radius 3 is 2.57 bits per heavy atom. The topological polar surface area (TPSA) is 0 Å². The monoisotopic (exact) mass is 158 g/mol. The molecule has 0 aromatic rings. The predicted octanol–water partition coefficient (Wildman–Crippen LogP) is 2.47. The van der Waals surface area contributed by atoms with E-state index in [2.05, 4.69) is 34.2 Å². The Morgan fingerprint density at radius 1 is 1.71 bits per heavy atom. The molecule has 0 heterocycles. The summed E-state index contributed by atoms with van der Waals surface area (Å²) in [4.78, 5) is 1.92. The van der Waals surface area contributed by atoms with Gasteiger partial charge in [0, 0.05) is 0 Å². The van der Waals surface area contributed by atoms with Crippen molar-refractivity contribution in [2.24, 2.45) is 5.92 Å². The highest BCUT2D eigenvalue weighted by molar-refractivity contribution is 9.11. The molecule has 0 N–H and O–H groups in total. The first-order valence-electron chi connectivity index (χ1n) is 2.37. The molecule has 0 amide bonds. The highest BCUT2D eigenvalue weighted by Gasteiger charge is 2.02. The zero-order valence-electron chi connectivity index (χ0n) is 3.97. The fraction of sp³-hybridized carbons (Fsp3) is 0.333. The Bertz CT molecular complexity index is 103. The van der Waals surface area contributed by atoms with Gasteiger partial charge in [0.1, 0.15) is 0 Å². The van der Waals surface area contributed by atoms with Crippen LogP contribution < -0.4 is 0 Å². The first-order valence-corrected chi connectivity index (χ1v) is 3.28. The zero-order valence-corrected chi connectivity index (χ0v) is 5.56. The van der Waals surface area contributed by atoms with Crippen LogP contribution in [0.2, 0.25) is 0 Å². The van der Waals surface area contributed by atoms with Crippen LogP contribution in [0.25, 0.3) is 0 Å². The fourth-order valence-corrected chi connectivity index (χ4v) is 0.921. The molecular formula is C6H7Br. The summed E-state index contributed by atoms with van der Waals surface area (Å²) in [6.07, 6.45) is 7.73. The van der Waals surface area contributed by atoms with Gasteiger partial charge in [0.2, 0.25) is 0 Å². The SMILES string of the molecule is BrC=CC1C=CC1. The van der Waals surface area contributed by atoms with Crippen LogP contribution in [0.15, 0.2) is 23.2 Å². The van der Waals surface area contributed by atoms with E-state index in [1.807, 2.05) is 4.99 Å². The van der Waals surface area contributed by atoms with Crippen molar-refractivity contribution in [3.8, 4) is 0 Å². The van der Waals surface area contributed by atoms with Gasteiger partial charge in [-0.15, -0.1) is 0 Å². The summed E-state index contributed by atoms with van der Waals surface area (Å²) in [5.41, 5.74) is 0. The van der Waals surface area contributed by atoms with E-state index in [1.54, 1.807) is 0 Å². The lowest BCUT2D eigenvalue weighted by Gasteiger charge is -2.10. The molecule has 0 spiro atoms. The molecule has 0 saturated heterocycles. The summed E-state index contributed by atoms with van der Waals surface area (Å²) in [5.74, 6) is 0.722. The van der Waals surface area contributed by atoms with Crippen LogP contribution in [0.5, 0.6) is 0 Å².